The maximum absolute atomic E-state index is 12.8. The van der Waals surface area contributed by atoms with Gasteiger partial charge in [-0.1, -0.05) is 0 Å². The molecule has 1 aromatic rings. The van der Waals surface area contributed by atoms with Crippen LogP contribution in [-0.4, -0.2) is 50.6 Å². The third-order valence-electron chi connectivity index (χ3n) is 5.62. The van der Waals surface area contributed by atoms with Gasteiger partial charge in [-0.2, -0.15) is 37.2 Å². The normalized spacial score (nSPS) is 17.7. The van der Waals surface area contributed by atoms with Crippen molar-refractivity contribution in [3.63, 3.8) is 0 Å². The van der Waals surface area contributed by atoms with E-state index in [4.69, 9.17) is 11.8 Å². The van der Waals surface area contributed by atoms with Crippen LogP contribution >= 0.6 is 0 Å². The molecule has 204 valence electrons. The van der Waals surface area contributed by atoms with Crippen LogP contribution in [0, 0.1) is 5.92 Å². The summed E-state index contributed by atoms with van der Waals surface area (Å²) >= 11 is 0. The van der Waals surface area contributed by atoms with Gasteiger partial charge in [0.05, 0.1) is 27.5 Å². The SMILES string of the molecule is CC1=CC(=C(c2ccc(S(=O)(=O)ON)cc2S(=O)(=O)ON)[C+]2C=C(C)C(=O)C(C(=O)O)=C2)C=C(C(=O)O)C1=O. The molecule has 6 N–H and O–H groups in total. The maximum atomic E-state index is 12.8. The fraction of sp³-hybridized carbons (Fsp3) is 0.0870. The molecule has 2 aliphatic carbocycles. The summed E-state index contributed by atoms with van der Waals surface area (Å²) in [5, 5.41) is 19.1. The third kappa shape index (κ3) is 5.51. The number of rotatable bonds is 8. The molecule has 14 nitrogen and oxygen atoms in total. The first kappa shape index (κ1) is 29.4. The molecule has 0 spiro atoms. The highest BCUT2D eigenvalue weighted by Crippen LogP contribution is 2.41. The number of carboxylic acid groups (broad SMARTS) is 2. The van der Waals surface area contributed by atoms with Gasteiger partial charge in [0.15, 0.2) is 11.4 Å². The number of hydrogen-bond acceptors (Lipinski definition) is 12. The standard InChI is InChI=1S/C23H18N2O12S2/c1-10-5-12(7-16(20(10)26)22(28)29)19(13-6-11(2)21(27)17(8-13)23(30)31)15-4-3-14(38(32,33)36-24)9-18(15)39(34,35)37-25/h3-9H,24-25H2,1-2H3,(H-,28,29,30,31)/p+1. The van der Waals surface area contributed by atoms with Crippen molar-refractivity contribution in [3.8, 4) is 0 Å². The van der Waals surface area contributed by atoms with Crippen LogP contribution in [0.5, 0.6) is 0 Å². The van der Waals surface area contributed by atoms with Gasteiger partial charge in [0.1, 0.15) is 10.5 Å². The zero-order valence-corrected chi connectivity index (χ0v) is 21.6. The second-order valence-electron chi connectivity index (χ2n) is 8.08. The van der Waals surface area contributed by atoms with E-state index < -0.39 is 64.7 Å². The maximum Gasteiger partial charge on any atom is 0.374 e. The van der Waals surface area contributed by atoms with E-state index in [1.54, 1.807) is 0 Å². The minimum absolute atomic E-state index is 0.0757. The first-order valence-electron chi connectivity index (χ1n) is 10.4. The van der Waals surface area contributed by atoms with Crippen molar-refractivity contribution in [2.45, 2.75) is 23.6 Å². The lowest BCUT2D eigenvalue weighted by atomic mass is 9.79. The molecule has 1 aromatic carbocycles. The van der Waals surface area contributed by atoms with Crippen molar-refractivity contribution in [2.24, 2.45) is 11.8 Å². The molecule has 0 saturated heterocycles. The third-order valence-corrected chi connectivity index (χ3v) is 7.84. The Labute approximate surface area is 221 Å². The Morgan fingerprint density at radius 2 is 1.38 bits per heavy atom. The fourth-order valence-corrected chi connectivity index (χ4v) is 5.31. The van der Waals surface area contributed by atoms with Crippen LogP contribution < -0.4 is 11.8 Å². The molecular formula is C23H19N2O12S2+. The van der Waals surface area contributed by atoms with Crippen molar-refractivity contribution in [1.82, 2.24) is 0 Å². The van der Waals surface area contributed by atoms with Gasteiger partial charge >= 0.3 is 32.2 Å². The Bertz CT molecular complexity index is 1710. The summed E-state index contributed by atoms with van der Waals surface area (Å²) in [6.45, 7) is 2.58. The Kier molecular flexibility index (Phi) is 7.92. The minimum Gasteiger partial charge on any atom is -0.478 e. The van der Waals surface area contributed by atoms with E-state index in [1.165, 1.54) is 26.0 Å². The largest absolute Gasteiger partial charge is 0.478 e. The molecule has 0 amide bonds. The lowest BCUT2D eigenvalue weighted by Gasteiger charge is -2.19. The number of carbonyl (C=O) groups excluding carboxylic acids is 2. The summed E-state index contributed by atoms with van der Waals surface area (Å²) < 4.78 is 58.0. The number of carboxylic acids is 2. The molecule has 0 radical (unpaired) electrons. The van der Waals surface area contributed by atoms with Crippen LogP contribution in [0.3, 0.4) is 0 Å². The van der Waals surface area contributed by atoms with Gasteiger partial charge in [0.2, 0.25) is 0 Å². The van der Waals surface area contributed by atoms with Gasteiger partial charge < -0.3 is 10.2 Å². The second-order valence-corrected chi connectivity index (χ2v) is 11.2. The van der Waals surface area contributed by atoms with E-state index in [1.807, 2.05) is 0 Å². The monoisotopic (exact) mass is 579 g/mol. The van der Waals surface area contributed by atoms with E-state index in [9.17, 15) is 46.2 Å². The van der Waals surface area contributed by atoms with Gasteiger partial charge in [-0.05, 0) is 44.2 Å². The molecule has 16 heteroatoms. The van der Waals surface area contributed by atoms with Crippen molar-refractivity contribution in [2.75, 3.05) is 0 Å². The quantitative estimate of drug-likeness (QED) is 0.183. The van der Waals surface area contributed by atoms with E-state index >= 15 is 0 Å². The van der Waals surface area contributed by atoms with Crippen LogP contribution in [0.2, 0.25) is 0 Å². The first-order valence-corrected chi connectivity index (χ1v) is 13.3. The smallest absolute Gasteiger partial charge is 0.374 e. The number of Topliss-reactive ketones (excluding diaryl/α,β-unsaturated/α-hetero) is 2. The number of benzene rings is 1. The number of hydrogen-bond donors (Lipinski definition) is 4. The molecular weight excluding hydrogens is 560 g/mol. The van der Waals surface area contributed by atoms with E-state index in [0.717, 1.165) is 24.3 Å². The Balaban J connectivity index is 2.56. The molecule has 39 heavy (non-hydrogen) atoms. The van der Waals surface area contributed by atoms with E-state index in [2.05, 4.69) is 8.57 Å². The Morgan fingerprint density at radius 3 is 1.92 bits per heavy atom. The second kappa shape index (κ2) is 10.5. The Hall–Kier alpha value is -4.19. The van der Waals surface area contributed by atoms with Crippen LogP contribution in [0.25, 0.3) is 5.57 Å². The average Bonchev–Trinajstić information content (AvgIpc) is 2.87. The highest BCUT2D eigenvalue weighted by molar-refractivity contribution is 7.87. The van der Waals surface area contributed by atoms with Crippen molar-refractivity contribution >= 4 is 49.3 Å². The number of carbonyl (C=O) groups is 4. The average molecular weight is 580 g/mol. The molecule has 2 aliphatic rings. The lowest BCUT2D eigenvalue weighted by molar-refractivity contribution is -0.135. The summed E-state index contributed by atoms with van der Waals surface area (Å²) in [5.74, 6) is 4.74. The van der Waals surface area contributed by atoms with E-state index in [-0.39, 0.29) is 33.8 Å². The van der Waals surface area contributed by atoms with E-state index in [0.29, 0.717) is 6.07 Å². The van der Waals surface area contributed by atoms with Gasteiger partial charge in [-0.3, -0.25) is 9.59 Å². The molecule has 0 unspecified atom stereocenters. The van der Waals surface area contributed by atoms with Gasteiger partial charge in [0, 0.05) is 23.3 Å². The molecule has 0 fully saturated rings. The summed E-state index contributed by atoms with van der Waals surface area (Å²) in [4.78, 5) is 46.8. The number of ketones is 2. The van der Waals surface area contributed by atoms with Crippen LogP contribution in [0.15, 0.2) is 80.2 Å². The molecule has 0 aromatic heterocycles. The van der Waals surface area contributed by atoms with Gasteiger partial charge in [-0.25, -0.2) is 9.59 Å². The fourth-order valence-electron chi connectivity index (χ4n) is 3.81. The number of allylic oxidation sites excluding steroid dienone is 8. The summed E-state index contributed by atoms with van der Waals surface area (Å²) in [7, 11) is -9.58. The predicted octanol–water partition coefficient (Wildman–Crippen LogP) is 0.253. The predicted molar refractivity (Wildman–Crippen MR) is 130 cm³/mol. The molecule has 0 bridgehead atoms. The summed E-state index contributed by atoms with van der Waals surface area (Å²) in [6, 6.07) is 2.46. The molecule has 0 aliphatic heterocycles. The van der Waals surface area contributed by atoms with Gasteiger partial charge in [-0.15, -0.1) is 0 Å². The number of nitrogens with two attached hydrogens (primary N) is 2. The van der Waals surface area contributed by atoms with Gasteiger partial charge in [0.25, 0.3) is 5.78 Å². The molecule has 3 rings (SSSR count). The number of aliphatic carboxylic acids is 2. The van der Waals surface area contributed by atoms with Crippen LogP contribution in [0.1, 0.15) is 19.4 Å². The zero-order valence-electron chi connectivity index (χ0n) is 20.0. The van der Waals surface area contributed by atoms with Crippen molar-refractivity contribution in [3.05, 3.63) is 81.9 Å². The molecule has 0 atom stereocenters. The van der Waals surface area contributed by atoms with Crippen LogP contribution in [-0.2, 0) is 48.0 Å². The van der Waals surface area contributed by atoms with Crippen LogP contribution in [0.4, 0.5) is 0 Å². The first-order chi connectivity index (χ1) is 18.0. The van der Waals surface area contributed by atoms with Crippen molar-refractivity contribution < 1.29 is 54.8 Å². The zero-order chi connectivity index (χ0) is 29.4. The topological polar surface area (TPSA) is 248 Å². The highest BCUT2D eigenvalue weighted by atomic mass is 32.2. The summed E-state index contributed by atoms with van der Waals surface area (Å²) in [6.07, 6.45) is 4.25. The highest BCUT2D eigenvalue weighted by Gasteiger charge is 2.38. The summed E-state index contributed by atoms with van der Waals surface area (Å²) in [5.41, 5.74) is -2.22. The Morgan fingerprint density at radius 1 is 0.821 bits per heavy atom. The lowest BCUT2D eigenvalue weighted by Crippen LogP contribution is -2.21. The minimum atomic E-state index is -4.93. The molecule has 0 saturated carbocycles. The van der Waals surface area contributed by atoms with Crippen molar-refractivity contribution in [1.29, 1.82) is 0 Å². The molecule has 0 heterocycles.